The number of carbonyl (C=O) groups excluding carboxylic acids is 2. The minimum Gasteiger partial charge on any atom is -0.467 e. The summed E-state index contributed by atoms with van der Waals surface area (Å²) in [6.07, 6.45) is -0.715. The molecule has 0 amide bonds. The van der Waals surface area contributed by atoms with Crippen molar-refractivity contribution in [3.8, 4) is 11.5 Å². The second-order valence-electron chi connectivity index (χ2n) is 2.54. The number of esters is 1. The molecule has 0 aliphatic carbocycles. The third kappa shape index (κ3) is 1.26. The summed E-state index contributed by atoms with van der Waals surface area (Å²) in [7, 11) is 0. The number of fused-ring (bicyclic) bond motifs is 1. The van der Waals surface area contributed by atoms with E-state index in [9.17, 15) is 9.59 Å². The van der Waals surface area contributed by atoms with E-state index in [-0.39, 0.29) is 0 Å². The summed E-state index contributed by atoms with van der Waals surface area (Å²) >= 11 is 0. The molecule has 4 nitrogen and oxygen atoms in total. The normalized spacial score (nSPS) is 19.7. The Labute approximate surface area is 74.1 Å². The summed E-state index contributed by atoms with van der Waals surface area (Å²) in [4.78, 5) is 21.4. The number of carbonyl (C=O) groups is 2. The summed E-state index contributed by atoms with van der Waals surface area (Å²) in [6.45, 7) is 0. The van der Waals surface area contributed by atoms with E-state index in [1.54, 1.807) is 24.3 Å². The predicted octanol–water partition coefficient (Wildman–Crippen LogP) is 0.552. The molecule has 0 saturated carbocycles. The van der Waals surface area contributed by atoms with Crippen LogP contribution in [0.3, 0.4) is 0 Å². The molecule has 1 heterocycles. The molecule has 1 aromatic carbocycles. The Kier molecular flexibility index (Phi) is 1.73. The van der Waals surface area contributed by atoms with Gasteiger partial charge >= 0.3 is 5.97 Å². The summed E-state index contributed by atoms with van der Waals surface area (Å²) in [6, 6.07) is 6.70. The van der Waals surface area contributed by atoms with Crippen molar-refractivity contribution in [2.45, 2.75) is 6.10 Å². The van der Waals surface area contributed by atoms with E-state index in [0.717, 1.165) is 0 Å². The fraction of sp³-hybridized carbons (Fsp3) is 0.111. The fourth-order valence-corrected chi connectivity index (χ4v) is 1.07. The van der Waals surface area contributed by atoms with Crippen LogP contribution >= 0.6 is 0 Å². The Morgan fingerprint density at radius 1 is 1.23 bits per heavy atom. The molecule has 1 aliphatic heterocycles. The van der Waals surface area contributed by atoms with Crippen molar-refractivity contribution in [1.82, 2.24) is 0 Å². The maximum Gasteiger partial charge on any atom is 0.360 e. The van der Waals surface area contributed by atoms with Crippen LogP contribution in [0.4, 0.5) is 0 Å². The predicted molar refractivity (Wildman–Crippen MR) is 42.6 cm³/mol. The molecule has 1 unspecified atom stereocenters. The van der Waals surface area contributed by atoms with Crippen molar-refractivity contribution < 1.29 is 19.1 Å². The van der Waals surface area contributed by atoms with E-state index >= 15 is 0 Å². The number of rotatable bonds is 1. The molecule has 0 aromatic heterocycles. The number of para-hydroxylation sites is 2. The molecule has 0 spiro atoms. The summed E-state index contributed by atoms with van der Waals surface area (Å²) in [5, 5.41) is 0. The first-order valence-corrected chi connectivity index (χ1v) is 3.74. The Hall–Kier alpha value is -1.84. The van der Waals surface area contributed by atoms with Gasteiger partial charge in [0, 0.05) is 0 Å². The number of aldehydes is 1. The molecule has 13 heavy (non-hydrogen) atoms. The lowest BCUT2D eigenvalue weighted by Gasteiger charge is -2.20. The highest BCUT2D eigenvalue weighted by atomic mass is 16.6. The highest BCUT2D eigenvalue weighted by Crippen LogP contribution is 2.30. The minimum atomic E-state index is -1.13. The number of benzene rings is 1. The molecule has 66 valence electrons. The maximum atomic E-state index is 11.0. The topological polar surface area (TPSA) is 52.6 Å². The maximum absolute atomic E-state index is 11.0. The van der Waals surface area contributed by atoms with Crippen LogP contribution in [0.15, 0.2) is 24.3 Å². The number of hydrogen-bond donors (Lipinski definition) is 0. The Bertz CT molecular complexity index is 358. The number of hydrogen-bond acceptors (Lipinski definition) is 4. The van der Waals surface area contributed by atoms with Gasteiger partial charge in [0.05, 0.1) is 0 Å². The summed E-state index contributed by atoms with van der Waals surface area (Å²) in [5.41, 5.74) is 0. The van der Waals surface area contributed by atoms with Crippen molar-refractivity contribution in [2.75, 3.05) is 0 Å². The van der Waals surface area contributed by atoms with Gasteiger partial charge in [-0.25, -0.2) is 4.79 Å². The molecule has 1 aliphatic rings. The highest BCUT2D eigenvalue weighted by molar-refractivity contribution is 5.94. The molecule has 1 atom stereocenters. The van der Waals surface area contributed by atoms with Gasteiger partial charge in [0.15, 0.2) is 17.8 Å². The van der Waals surface area contributed by atoms with Crippen molar-refractivity contribution in [2.24, 2.45) is 0 Å². The van der Waals surface area contributed by atoms with Gasteiger partial charge in [-0.2, -0.15) is 0 Å². The molecule has 0 fully saturated rings. The largest absolute Gasteiger partial charge is 0.467 e. The highest BCUT2D eigenvalue weighted by Gasteiger charge is 2.28. The van der Waals surface area contributed by atoms with Gasteiger partial charge in [-0.05, 0) is 12.1 Å². The first kappa shape index (κ1) is 7.79. The monoisotopic (exact) mass is 178 g/mol. The van der Waals surface area contributed by atoms with Gasteiger partial charge < -0.3 is 9.47 Å². The Morgan fingerprint density at radius 2 is 1.92 bits per heavy atom. The van der Waals surface area contributed by atoms with Gasteiger partial charge in [-0.15, -0.1) is 0 Å². The van der Waals surface area contributed by atoms with Gasteiger partial charge in [0.1, 0.15) is 0 Å². The smallest absolute Gasteiger partial charge is 0.360 e. The third-order valence-electron chi connectivity index (χ3n) is 1.67. The zero-order valence-electron chi connectivity index (χ0n) is 6.60. The van der Waals surface area contributed by atoms with Crippen LogP contribution in [-0.2, 0) is 9.59 Å². The average Bonchev–Trinajstić information content (AvgIpc) is 2.17. The lowest BCUT2D eigenvalue weighted by Crippen LogP contribution is -2.36. The van der Waals surface area contributed by atoms with Crippen molar-refractivity contribution in [3.05, 3.63) is 24.3 Å². The molecule has 0 saturated heterocycles. The lowest BCUT2D eigenvalue weighted by molar-refractivity contribution is -0.147. The van der Waals surface area contributed by atoms with Gasteiger partial charge in [-0.3, -0.25) is 4.79 Å². The van der Waals surface area contributed by atoms with Crippen molar-refractivity contribution >= 4 is 12.3 Å². The van der Waals surface area contributed by atoms with E-state index in [1.807, 2.05) is 0 Å². The first-order chi connectivity index (χ1) is 6.31. The van der Waals surface area contributed by atoms with Gasteiger partial charge in [-0.1, -0.05) is 12.1 Å². The van der Waals surface area contributed by atoms with Gasteiger partial charge in [0.2, 0.25) is 0 Å². The van der Waals surface area contributed by atoms with Crippen LogP contribution in [0.1, 0.15) is 0 Å². The molecule has 1 aromatic rings. The second kappa shape index (κ2) is 2.90. The zero-order valence-corrected chi connectivity index (χ0v) is 6.60. The van der Waals surface area contributed by atoms with E-state index in [1.165, 1.54) is 0 Å². The number of ether oxygens (including phenoxy) is 2. The van der Waals surface area contributed by atoms with E-state index < -0.39 is 12.1 Å². The molecule has 0 N–H and O–H groups in total. The van der Waals surface area contributed by atoms with Crippen molar-refractivity contribution in [3.63, 3.8) is 0 Å². The van der Waals surface area contributed by atoms with E-state index in [0.29, 0.717) is 17.8 Å². The first-order valence-electron chi connectivity index (χ1n) is 3.74. The second-order valence-corrected chi connectivity index (χ2v) is 2.54. The molecule has 2 rings (SSSR count). The molecular weight excluding hydrogens is 172 g/mol. The van der Waals surface area contributed by atoms with Crippen LogP contribution in [0.2, 0.25) is 0 Å². The van der Waals surface area contributed by atoms with Crippen molar-refractivity contribution in [1.29, 1.82) is 0 Å². The summed E-state index contributed by atoms with van der Waals surface area (Å²) < 4.78 is 9.89. The third-order valence-corrected chi connectivity index (χ3v) is 1.67. The fourth-order valence-electron chi connectivity index (χ4n) is 1.07. The minimum absolute atomic E-state index is 0.352. The Morgan fingerprint density at radius 3 is 2.62 bits per heavy atom. The van der Waals surface area contributed by atoms with E-state index in [4.69, 9.17) is 9.47 Å². The summed E-state index contributed by atoms with van der Waals surface area (Å²) in [5.74, 6) is 0.0958. The lowest BCUT2D eigenvalue weighted by atomic mass is 10.3. The molecule has 4 heteroatoms. The van der Waals surface area contributed by atoms with Crippen LogP contribution in [-0.4, -0.2) is 18.4 Å². The van der Waals surface area contributed by atoms with E-state index in [2.05, 4.69) is 0 Å². The van der Waals surface area contributed by atoms with Crippen LogP contribution in [0.25, 0.3) is 0 Å². The zero-order chi connectivity index (χ0) is 9.26. The van der Waals surface area contributed by atoms with Gasteiger partial charge in [0.25, 0.3) is 6.10 Å². The quantitative estimate of drug-likeness (QED) is 0.273. The van der Waals surface area contributed by atoms with Crippen LogP contribution in [0.5, 0.6) is 11.5 Å². The molecule has 0 radical (unpaired) electrons. The molecule has 0 bridgehead atoms. The van der Waals surface area contributed by atoms with Crippen LogP contribution < -0.4 is 9.47 Å². The average molecular weight is 178 g/mol. The SMILES string of the molecule is O=CC1Oc2ccccc2OC1=O. The van der Waals surface area contributed by atoms with Crippen LogP contribution in [0, 0.1) is 0 Å². The molecular formula is C9H6O4. The standard InChI is InChI=1S/C9H6O4/c10-5-8-9(11)13-7-4-2-1-3-6(7)12-8/h1-5,8H. The Balaban J connectivity index is 2.38.